The highest BCUT2D eigenvalue weighted by Crippen LogP contribution is 2.43. The van der Waals surface area contributed by atoms with Crippen LogP contribution in [-0.2, 0) is 13.9 Å². The molecule has 2 N–H and O–H groups in total. The highest BCUT2D eigenvalue weighted by molar-refractivity contribution is 7.46. The van der Waals surface area contributed by atoms with Gasteiger partial charge in [-0.15, -0.1) is 0 Å². The molecule has 0 fully saturated rings. The number of pyridine rings is 2. The topological polar surface area (TPSA) is 130 Å². The quantitative estimate of drug-likeness (QED) is 0.156. The molecule has 41 heavy (non-hydrogen) atoms. The number of carbonyl (C=O) groups is 1. The largest absolute Gasteiger partial charge is 0.497 e. The normalized spacial score (nSPS) is 12.8. The molecule has 0 aliphatic heterocycles. The van der Waals surface area contributed by atoms with Gasteiger partial charge in [0.25, 0.3) is 0 Å². The van der Waals surface area contributed by atoms with E-state index in [9.17, 15) is 23.5 Å². The van der Waals surface area contributed by atoms with Gasteiger partial charge < -0.3 is 28.9 Å². The minimum Gasteiger partial charge on any atom is -0.497 e. The Hall–Kier alpha value is -3.93. The summed E-state index contributed by atoms with van der Waals surface area (Å²) < 4.78 is 37.5. The van der Waals surface area contributed by atoms with E-state index < -0.39 is 20.0 Å². The first kappa shape index (κ1) is 30.0. The fraction of sp³-hybridized carbons (Fsp3) is 0.250. The van der Waals surface area contributed by atoms with Crippen LogP contribution in [0.5, 0.6) is 5.75 Å². The van der Waals surface area contributed by atoms with E-state index in [-0.39, 0.29) is 5.91 Å². The summed E-state index contributed by atoms with van der Waals surface area (Å²) in [6, 6.07) is 10.1. The zero-order valence-electron chi connectivity index (χ0n) is 23.2. The minimum atomic E-state index is -4.81. The van der Waals surface area contributed by atoms with Crippen LogP contribution in [0.2, 0.25) is 0 Å². The Morgan fingerprint density at radius 1 is 1.12 bits per heavy atom. The Balaban J connectivity index is 1.83. The molecule has 0 aliphatic carbocycles. The van der Waals surface area contributed by atoms with Gasteiger partial charge in [0.1, 0.15) is 17.6 Å². The number of anilines is 1. The number of nitrogens with zero attached hydrogens (tertiary/aromatic N) is 5. The van der Waals surface area contributed by atoms with E-state index in [1.54, 1.807) is 43.7 Å². The molecule has 0 radical (unpaired) electrons. The van der Waals surface area contributed by atoms with Crippen LogP contribution in [0.3, 0.4) is 0 Å². The van der Waals surface area contributed by atoms with Gasteiger partial charge >= 0.3 is 7.82 Å². The second-order valence-electron chi connectivity index (χ2n) is 9.59. The highest BCUT2D eigenvalue weighted by atomic mass is 31.2. The van der Waals surface area contributed by atoms with Crippen molar-refractivity contribution in [2.75, 3.05) is 39.7 Å². The van der Waals surface area contributed by atoms with Gasteiger partial charge in [-0.2, -0.15) is 4.39 Å². The van der Waals surface area contributed by atoms with Crippen molar-refractivity contribution in [3.05, 3.63) is 73.1 Å². The molecule has 0 aliphatic rings. The van der Waals surface area contributed by atoms with E-state index in [4.69, 9.17) is 9.26 Å². The molecule has 0 spiro atoms. The number of phosphoric ester groups is 1. The maximum Gasteiger partial charge on any atom is 0.471 e. The number of likely N-dealkylation sites (N-methyl/N-ethyl adjacent to an activating group) is 2. The van der Waals surface area contributed by atoms with E-state index in [1.165, 1.54) is 41.8 Å². The number of benzene rings is 1. The molecule has 0 saturated heterocycles. The minimum absolute atomic E-state index is 0.210. The van der Waals surface area contributed by atoms with Crippen molar-refractivity contribution in [2.24, 2.45) is 0 Å². The average molecular weight is 584 g/mol. The first-order valence-electron chi connectivity index (χ1n) is 12.5. The highest BCUT2D eigenvalue weighted by Gasteiger charge is 2.24. The van der Waals surface area contributed by atoms with Gasteiger partial charge in [-0.1, -0.05) is 6.08 Å². The number of amides is 1. The molecule has 0 saturated carbocycles. The van der Waals surface area contributed by atoms with Crippen LogP contribution >= 0.6 is 7.82 Å². The molecule has 1 amide bonds. The Morgan fingerprint density at radius 2 is 1.88 bits per heavy atom. The summed E-state index contributed by atoms with van der Waals surface area (Å²) in [5.41, 5.74) is 3.37. The molecular formula is C28H31FN5O6P. The van der Waals surface area contributed by atoms with Gasteiger partial charge in [-0.3, -0.25) is 9.32 Å². The van der Waals surface area contributed by atoms with Gasteiger partial charge in [0.2, 0.25) is 11.9 Å². The number of fused-ring (bicyclic) bond motifs is 1. The maximum absolute atomic E-state index is 14.1. The van der Waals surface area contributed by atoms with Gasteiger partial charge in [-0.25, -0.2) is 14.5 Å². The summed E-state index contributed by atoms with van der Waals surface area (Å²) in [5.74, 6) is -0.373. The summed E-state index contributed by atoms with van der Waals surface area (Å²) in [6.07, 6.45) is 6.73. The molecule has 216 valence electrons. The van der Waals surface area contributed by atoms with Crippen LogP contribution in [0.25, 0.3) is 33.3 Å². The van der Waals surface area contributed by atoms with Crippen LogP contribution < -0.4 is 9.64 Å². The van der Waals surface area contributed by atoms with E-state index in [0.717, 1.165) is 0 Å². The lowest BCUT2D eigenvalue weighted by molar-refractivity contribution is -0.113. The van der Waals surface area contributed by atoms with Crippen LogP contribution in [0.1, 0.15) is 13.2 Å². The number of rotatable bonds is 10. The van der Waals surface area contributed by atoms with Gasteiger partial charge in [0.05, 0.1) is 7.11 Å². The SMILES string of the molecule is COc1cc(-c2cnc3c(c2)c(-c2ccnc(F)c2)cn3C(C)OP(=O)(O)O)cc(N(C)C(=O)/C=C/CN(C)C)c1. The summed E-state index contributed by atoms with van der Waals surface area (Å²) >= 11 is 0. The molecule has 3 heterocycles. The lowest BCUT2D eigenvalue weighted by atomic mass is 10.0. The Morgan fingerprint density at radius 3 is 2.54 bits per heavy atom. The number of hydrogen-bond acceptors (Lipinski definition) is 7. The van der Waals surface area contributed by atoms with Crippen LogP contribution in [0.15, 0.2) is 67.1 Å². The third-order valence-electron chi connectivity index (χ3n) is 6.30. The van der Waals surface area contributed by atoms with Crippen molar-refractivity contribution < 1.29 is 32.8 Å². The molecule has 1 aromatic carbocycles. The predicted molar refractivity (Wildman–Crippen MR) is 154 cm³/mol. The lowest BCUT2D eigenvalue weighted by Gasteiger charge is -2.18. The first-order chi connectivity index (χ1) is 19.4. The molecule has 13 heteroatoms. The summed E-state index contributed by atoms with van der Waals surface area (Å²) in [6.45, 7) is 2.09. The van der Waals surface area contributed by atoms with Crippen LogP contribution in [0, 0.1) is 5.95 Å². The molecule has 1 atom stereocenters. The van der Waals surface area contributed by atoms with E-state index in [1.807, 2.05) is 31.1 Å². The van der Waals surface area contributed by atoms with Gasteiger partial charge in [0, 0.05) is 72.6 Å². The molecule has 3 aromatic heterocycles. The first-order valence-corrected chi connectivity index (χ1v) is 14.0. The Bertz CT molecular complexity index is 1650. The van der Waals surface area contributed by atoms with Crippen LogP contribution in [-0.4, -0.2) is 69.9 Å². The molecule has 1 unspecified atom stereocenters. The number of halogens is 1. The number of ether oxygens (including phenoxy) is 1. The van der Waals surface area contributed by atoms with Crippen molar-refractivity contribution in [3.8, 4) is 28.0 Å². The molecular weight excluding hydrogens is 552 g/mol. The number of hydrogen-bond donors (Lipinski definition) is 2. The van der Waals surface area contributed by atoms with E-state index in [2.05, 4.69) is 9.97 Å². The van der Waals surface area contributed by atoms with Crippen molar-refractivity contribution in [1.82, 2.24) is 19.4 Å². The van der Waals surface area contributed by atoms with Gasteiger partial charge in [0.15, 0.2) is 0 Å². The lowest BCUT2D eigenvalue weighted by Crippen LogP contribution is -2.24. The number of phosphoric acid groups is 1. The average Bonchev–Trinajstić information content (AvgIpc) is 3.30. The van der Waals surface area contributed by atoms with Crippen molar-refractivity contribution in [1.29, 1.82) is 0 Å². The van der Waals surface area contributed by atoms with Crippen molar-refractivity contribution in [2.45, 2.75) is 13.2 Å². The third kappa shape index (κ3) is 7.24. The maximum atomic E-state index is 14.1. The van der Waals surface area contributed by atoms with Crippen molar-refractivity contribution in [3.63, 3.8) is 0 Å². The molecule has 11 nitrogen and oxygen atoms in total. The van der Waals surface area contributed by atoms with Crippen LogP contribution in [0.4, 0.5) is 10.1 Å². The molecule has 4 rings (SSSR count). The molecule has 4 aromatic rings. The summed E-state index contributed by atoms with van der Waals surface area (Å²) in [4.78, 5) is 43.2. The Kier molecular flexibility index (Phi) is 9.01. The number of aromatic nitrogens is 3. The fourth-order valence-corrected chi connectivity index (χ4v) is 4.78. The standard InChI is InChI=1S/C28H31FN5O6P/c1-18(40-41(36,37)38)34-17-25(19-8-9-30-26(29)14-19)24-13-21(16-31-28(24)34)20-11-22(15-23(12-20)39-5)33(4)27(35)7-6-10-32(2)3/h6-9,11-18H,10H2,1-5H3,(H2,36,37,38)/b7-6+. The van der Waals surface area contributed by atoms with Crippen molar-refractivity contribution >= 4 is 30.5 Å². The molecule has 0 bridgehead atoms. The second-order valence-corrected chi connectivity index (χ2v) is 10.8. The number of carbonyl (C=O) groups excluding carboxylic acids is 1. The van der Waals surface area contributed by atoms with E-state index >= 15 is 0 Å². The zero-order chi connectivity index (χ0) is 29.9. The monoisotopic (exact) mass is 583 g/mol. The fourth-order valence-electron chi connectivity index (χ4n) is 4.28. The Labute approximate surface area is 236 Å². The zero-order valence-corrected chi connectivity index (χ0v) is 24.1. The predicted octanol–water partition coefficient (Wildman–Crippen LogP) is 4.62. The van der Waals surface area contributed by atoms with E-state index in [0.29, 0.717) is 51.3 Å². The number of methoxy groups -OCH3 is 1. The summed E-state index contributed by atoms with van der Waals surface area (Å²) in [5, 5.41) is 0.578. The third-order valence-corrected chi connectivity index (χ3v) is 6.88. The smallest absolute Gasteiger partial charge is 0.471 e. The summed E-state index contributed by atoms with van der Waals surface area (Å²) in [7, 11) is 2.21. The second kappa shape index (κ2) is 12.3. The van der Waals surface area contributed by atoms with Gasteiger partial charge in [-0.05, 0) is 56.4 Å².